The van der Waals surface area contributed by atoms with Crippen molar-refractivity contribution in [3.8, 4) is 27.8 Å². The Labute approximate surface area is 332 Å². The van der Waals surface area contributed by atoms with Crippen molar-refractivity contribution in [2.75, 3.05) is 13.2 Å². The Balaban J connectivity index is 0.979. The Morgan fingerprint density at radius 2 is 1.66 bits per heavy atom. The van der Waals surface area contributed by atoms with Crippen molar-refractivity contribution in [2.45, 2.75) is 83.4 Å². The summed E-state index contributed by atoms with van der Waals surface area (Å²) in [5.41, 5.74) is 3.04. The third kappa shape index (κ3) is 12.5. The summed E-state index contributed by atoms with van der Waals surface area (Å²) in [6, 6.07) is 18.8. The average Bonchev–Trinajstić information content (AvgIpc) is 3.94. The molecule has 296 valence electrons. The van der Waals surface area contributed by atoms with Crippen molar-refractivity contribution < 1.29 is 33.5 Å². The molecule has 5 rings (SSSR count). The molecule has 0 fully saturated rings. The molecule has 3 heterocycles. The first kappa shape index (κ1) is 42.2. The fraction of sp³-hybridized carbons (Fsp3) is 0.349. The highest BCUT2D eigenvalue weighted by atomic mass is 32.1. The van der Waals surface area contributed by atoms with Crippen LogP contribution in [0.4, 0.5) is 8.63 Å². The maximum Gasteiger partial charge on any atom is 0.678 e. The van der Waals surface area contributed by atoms with Gasteiger partial charge in [-0.1, -0.05) is 56.0 Å². The summed E-state index contributed by atoms with van der Waals surface area (Å²) in [5, 5.41) is 38.0. The second-order valence-corrected chi connectivity index (χ2v) is 16.2. The van der Waals surface area contributed by atoms with Gasteiger partial charge in [0.15, 0.2) is 18.1 Å². The van der Waals surface area contributed by atoms with Crippen molar-refractivity contribution >= 4 is 42.5 Å². The number of carbonyl (C=O) groups excluding carboxylic acids is 1. The fourth-order valence-corrected chi connectivity index (χ4v) is 7.19. The summed E-state index contributed by atoms with van der Waals surface area (Å²) in [6.07, 6.45) is 14.1. The number of ether oxygens (including phenoxy) is 1. The molecule has 0 aliphatic carbocycles. The molecule has 5 N–H and O–H groups in total. The summed E-state index contributed by atoms with van der Waals surface area (Å²) in [5.74, 6) is -0.0719. The Morgan fingerprint density at radius 1 is 0.929 bits per heavy atom. The highest BCUT2D eigenvalue weighted by Gasteiger charge is 2.25. The number of nitrogens with zero attached hydrogens (tertiary/aromatic N) is 2. The molecule has 1 atom stereocenters. The highest BCUT2D eigenvalue weighted by Crippen LogP contribution is 2.30. The fourth-order valence-electron chi connectivity index (χ4n) is 6.44. The molecule has 1 aliphatic rings. The van der Waals surface area contributed by atoms with Crippen LogP contribution in [0.2, 0.25) is 0 Å². The van der Waals surface area contributed by atoms with Gasteiger partial charge >= 0.3 is 7.40 Å². The van der Waals surface area contributed by atoms with Gasteiger partial charge in [-0.3, -0.25) is 13.4 Å². The van der Waals surface area contributed by atoms with Gasteiger partial charge in [-0.05, 0) is 124 Å². The Morgan fingerprint density at radius 3 is 2.34 bits per heavy atom. The minimum Gasteiger partial charge on any atom is -0.504 e. The van der Waals surface area contributed by atoms with Crippen LogP contribution in [-0.4, -0.2) is 63.0 Å². The zero-order chi connectivity index (χ0) is 40.3. The van der Waals surface area contributed by atoms with Crippen LogP contribution in [0.15, 0.2) is 101 Å². The van der Waals surface area contributed by atoms with Crippen LogP contribution in [0.3, 0.4) is 0 Å². The number of amides is 1. The molecule has 2 aromatic heterocycles. The highest BCUT2D eigenvalue weighted by molar-refractivity contribution is 7.13. The third-order valence-electron chi connectivity index (χ3n) is 9.58. The SMILES string of the molecule is CC(C)(CCCCCCC(C)(C)NC(=O)COc1ccc(/C=C/C2=NC(=C\c3ccc(-c4cccs4)n3B(F)F)/C=C2)cc1)NC[C@H](O)c1ccc(O)c(O)c1. The second kappa shape index (κ2) is 19.3. The Bertz CT molecular complexity index is 2040. The number of thiophene rings is 1. The molecule has 1 amide bonds. The van der Waals surface area contributed by atoms with Gasteiger partial charge in [0.1, 0.15) is 5.75 Å². The van der Waals surface area contributed by atoms with Gasteiger partial charge in [0, 0.05) is 28.2 Å². The normalized spacial score (nSPS) is 14.4. The van der Waals surface area contributed by atoms with E-state index >= 15 is 0 Å². The quantitative estimate of drug-likeness (QED) is 0.0346. The summed E-state index contributed by atoms with van der Waals surface area (Å²) in [6.45, 7) is 8.48. The van der Waals surface area contributed by atoms with E-state index < -0.39 is 13.5 Å². The van der Waals surface area contributed by atoms with Crippen LogP contribution < -0.4 is 15.4 Å². The first-order chi connectivity index (χ1) is 26.7. The summed E-state index contributed by atoms with van der Waals surface area (Å²) >= 11 is 1.42. The number of phenols is 2. The molecule has 0 spiro atoms. The van der Waals surface area contributed by atoms with E-state index in [-0.39, 0.29) is 35.1 Å². The molecule has 0 bridgehead atoms. The van der Waals surface area contributed by atoms with E-state index in [0.717, 1.165) is 53.4 Å². The maximum atomic E-state index is 14.0. The zero-order valence-corrected chi connectivity index (χ0v) is 33.2. The maximum absolute atomic E-state index is 14.0. The molecule has 13 heteroatoms. The number of carbonyl (C=O) groups is 1. The molecule has 0 saturated heterocycles. The van der Waals surface area contributed by atoms with Crippen LogP contribution in [0.25, 0.3) is 22.7 Å². The molecular formula is C43H51BF2N4O5S. The predicted octanol–water partition coefficient (Wildman–Crippen LogP) is 9.18. The van der Waals surface area contributed by atoms with Gasteiger partial charge in [0.05, 0.1) is 23.2 Å². The standard InChI is InChI=1S/C43H51BF2N4O5S/c1-42(2,47-28-39(53)31-14-22-37(51)38(52)26-31)23-7-5-6-8-24-43(3,4)49-41(54)29-55-35-19-12-30(13-20-35)11-15-32-16-17-33(48-32)27-34-18-21-36(50(34)44(45)46)40-10-9-25-56-40/h9-22,25-27,39,47,51-53H,5-8,23-24,28-29H2,1-4H3,(H,49,54)/b15-11+,33-27-/t39-/m0/s1. The van der Waals surface area contributed by atoms with Gasteiger partial charge in [-0.25, -0.2) is 4.99 Å². The average molecular weight is 785 g/mol. The lowest BCUT2D eigenvalue weighted by molar-refractivity contribution is -0.124. The predicted molar refractivity (Wildman–Crippen MR) is 223 cm³/mol. The van der Waals surface area contributed by atoms with Gasteiger partial charge in [0.25, 0.3) is 5.91 Å². The van der Waals surface area contributed by atoms with Crippen molar-refractivity contribution in [1.29, 1.82) is 0 Å². The number of halogens is 2. The number of allylic oxidation sites excluding steroid dienone is 3. The molecule has 4 aromatic rings. The Kier molecular flexibility index (Phi) is 14.5. The number of aliphatic imine (C=N–C) groups is 1. The Hall–Kier alpha value is -4.98. The van der Waals surface area contributed by atoms with E-state index in [1.165, 1.54) is 23.5 Å². The van der Waals surface area contributed by atoms with Crippen LogP contribution in [0, 0.1) is 0 Å². The van der Waals surface area contributed by atoms with Crippen molar-refractivity contribution in [2.24, 2.45) is 4.99 Å². The van der Waals surface area contributed by atoms with Crippen LogP contribution in [0.1, 0.15) is 89.1 Å². The number of rotatable bonds is 20. The molecular weight excluding hydrogens is 733 g/mol. The van der Waals surface area contributed by atoms with Gasteiger partial charge in [-0.15, -0.1) is 11.3 Å². The number of benzene rings is 2. The van der Waals surface area contributed by atoms with E-state index in [0.29, 0.717) is 40.7 Å². The number of hydrogen-bond donors (Lipinski definition) is 5. The van der Waals surface area contributed by atoms with Crippen LogP contribution in [0.5, 0.6) is 17.2 Å². The first-order valence-electron chi connectivity index (χ1n) is 18.9. The van der Waals surface area contributed by atoms with Crippen molar-refractivity contribution in [3.63, 3.8) is 0 Å². The first-order valence-corrected chi connectivity index (χ1v) is 19.7. The smallest absolute Gasteiger partial charge is 0.504 e. The zero-order valence-electron chi connectivity index (χ0n) is 32.3. The summed E-state index contributed by atoms with van der Waals surface area (Å²) in [4.78, 5) is 18.1. The van der Waals surface area contributed by atoms with E-state index in [1.807, 2.05) is 61.7 Å². The molecule has 56 heavy (non-hydrogen) atoms. The molecule has 2 aromatic carbocycles. The third-order valence-corrected chi connectivity index (χ3v) is 10.5. The number of β-amino-alcohol motifs (C(OH)–C–C–N with tert-alkyl or cyclic N) is 1. The van der Waals surface area contributed by atoms with Crippen LogP contribution >= 0.6 is 11.3 Å². The lowest BCUT2D eigenvalue weighted by atomic mass is 9.93. The summed E-state index contributed by atoms with van der Waals surface area (Å²) in [7, 11) is -2.68. The number of aliphatic hydroxyl groups excluding tert-OH is 1. The summed E-state index contributed by atoms with van der Waals surface area (Å²) < 4.78 is 34.7. The lowest BCUT2D eigenvalue weighted by Gasteiger charge is -2.28. The molecule has 0 radical (unpaired) electrons. The molecule has 9 nitrogen and oxygen atoms in total. The minimum absolute atomic E-state index is 0.0935. The second-order valence-electron chi connectivity index (χ2n) is 15.3. The topological polar surface area (TPSA) is 128 Å². The van der Waals surface area contributed by atoms with Gasteiger partial charge in [-0.2, -0.15) is 0 Å². The van der Waals surface area contributed by atoms with E-state index in [2.05, 4.69) is 29.5 Å². The number of unbranched alkanes of at least 4 members (excludes halogenated alkanes) is 3. The van der Waals surface area contributed by atoms with E-state index in [9.17, 15) is 28.7 Å². The number of aliphatic hydroxyl groups is 1. The van der Waals surface area contributed by atoms with E-state index in [1.54, 1.807) is 42.5 Å². The number of hydrogen-bond acceptors (Lipinski definition) is 8. The van der Waals surface area contributed by atoms with E-state index in [4.69, 9.17) is 4.74 Å². The number of phenolic OH excluding ortho intramolecular Hbond substituents is 2. The molecule has 0 saturated carbocycles. The van der Waals surface area contributed by atoms with Gasteiger partial charge in [0.2, 0.25) is 0 Å². The largest absolute Gasteiger partial charge is 0.678 e. The number of aromatic nitrogens is 1. The van der Waals surface area contributed by atoms with Crippen LogP contribution in [-0.2, 0) is 4.79 Å². The number of aromatic hydroxyl groups is 2. The molecule has 0 unspecified atom stereocenters. The number of nitrogens with one attached hydrogen (secondary N) is 2. The lowest BCUT2D eigenvalue weighted by Crippen LogP contribution is -2.45. The molecule has 1 aliphatic heterocycles. The minimum atomic E-state index is -2.68. The van der Waals surface area contributed by atoms with Crippen molar-refractivity contribution in [1.82, 2.24) is 15.1 Å². The monoisotopic (exact) mass is 784 g/mol. The van der Waals surface area contributed by atoms with Gasteiger partial charge < -0.3 is 35.2 Å². The van der Waals surface area contributed by atoms with Crippen molar-refractivity contribution in [3.05, 3.63) is 113 Å².